The van der Waals surface area contributed by atoms with E-state index in [0.717, 1.165) is 48.7 Å². The summed E-state index contributed by atoms with van der Waals surface area (Å²) in [5, 5.41) is 0. The number of rotatable bonds is 3. The molecule has 1 aliphatic heterocycles. The van der Waals surface area contributed by atoms with Crippen LogP contribution in [0.25, 0.3) is 0 Å². The summed E-state index contributed by atoms with van der Waals surface area (Å²) in [7, 11) is -2.26. The van der Waals surface area contributed by atoms with Crippen LogP contribution in [0, 0.1) is 22.2 Å². The van der Waals surface area contributed by atoms with E-state index in [1.165, 1.54) is 11.1 Å². The number of ether oxygens (including phenoxy) is 1. The van der Waals surface area contributed by atoms with E-state index >= 15 is 0 Å². The molecule has 8 nitrogen and oxygen atoms in total. The van der Waals surface area contributed by atoms with Gasteiger partial charge in [0.2, 0.25) is 0 Å². The summed E-state index contributed by atoms with van der Waals surface area (Å²) in [6, 6.07) is 6.52. The van der Waals surface area contributed by atoms with Gasteiger partial charge < -0.3 is 10.5 Å². The first-order valence-corrected chi connectivity index (χ1v) is 15.8. The summed E-state index contributed by atoms with van der Waals surface area (Å²) in [6.07, 6.45) is 7.64. The van der Waals surface area contributed by atoms with E-state index < -0.39 is 26.9 Å². The lowest BCUT2D eigenvalue weighted by atomic mass is 9.65. The molecule has 1 aromatic rings. The second kappa shape index (κ2) is 9.21. The molecule has 2 bridgehead atoms. The molecule has 3 atom stereocenters. The topological polar surface area (TPSA) is 131 Å². The highest BCUT2D eigenvalue weighted by atomic mass is 79.9. The number of aliphatic imine (C=N–C) groups is 2. The molecule has 0 radical (unpaired) electrons. The van der Waals surface area contributed by atoms with Gasteiger partial charge in [-0.3, -0.25) is 14.3 Å². The maximum absolute atomic E-state index is 11.9. The number of benzene rings is 1. The number of ketones is 1. The van der Waals surface area contributed by atoms with E-state index in [2.05, 4.69) is 34.1 Å². The minimum atomic E-state index is -4.08. The Kier molecular flexibility index (Phi) is 6.77. The summed E-state index contributed by atoms with van der Waals surface area (Å²) in [6.45, 7) is 5.86. The van der Waals surface area contributed by atoms with Gasteiger partial charge in [0.05, 0.1) is 23.0 Å². The first-order valence-electron chi connectivity index (χ1n) is 13.4. The molecular weight excluding hydrogens is 570 g/mol. The molecule has 208 valence electrons. The van der Waals surface area contributed by atoms with Crippen LogP contribution in [-0.2, 0) is 31.7 Å². The Hall–Kier alpha value is -1.62. The summed E-state index contributed by atoms with van der Waals surface area (Å²) < 4.78 is 37.6. The number of nitrogens with zero attached hydrogens (tertiary/aromatic N) is 2. The van der Waals surface area contributed by atoms with E-state index in [-0.39, 0.29) is 22.5 Å². The molecule has 3 fully saturated rings. The highest BCUT2D eigenvalue weighted by Gasteiger charge is 2.65. The monoisotopic (exact) mass is 607 g/mol. The van der Waals surface area contributed by atoms with Crippen molar-refractivity contribution in [2.24, 2.45) is 37.9 Å². The molecule has 0 amide bonds. The Balaban J connectivity index is 0.000000170. The van der Waals surface area contributed by atoms with Crippen LogP contribution in [0.15, 0.2) is 32.7 Å². The third-order valence-electron chi connectivity index (χ3n) is 10.5. The fourth-order valence-electron chi connectivity index (χ4n) is 8.06. The predicted octanol–water partition coefficient (Wildman–Crippen LogP) is 4.83. The minimum Gasteiger partial charge on any atom is -0.382 e. The minimum absolute atomic E-state index is 0.0152. The van der Waals surface area contributed by atoms with Crippen LogP contribution >= 0.6 is 15.9 Å². The average molecular weight is 609 g/mol. The van der Waals surface area contributed by atoms with Crippen LogP contribution in [0.3, 0.4) is 0 Å². The van der Waals surface area contributed by atoms with Crippen molar-refractivity contribution < 1.29 is 22.5 Å². The summed E-state index contributed by atoms with van der Waals surface area (Å²) in [5.74, 6) is 0.488. The first-order chi connectivity index (χ1) is 17.7. The van der Waals surface area contributed by atoms with Crippen molar-refractivity contribution in [3.63, 3.8) is 0 Å². The van der Waals surface area contributed by atoms with Gasteiger partial charge in [0.15, 0.2) is 5.66 Å². The second-order valence-corrected chi connectivity index (χ2v) is 14.8. The fraction of sp³-hybridized carbons (Fsp3) is 0.679. The van der Waals surface area contributed by atoms with Crippen molar-refractivity contribution in [2.75, 3.05) is 12.9 Å². The summed E-state index contributed by atoms with van der Waals surface area (Å²) in [4.78, 5) is 21.9. The third kappa shape index (κ3) is 4.12. The van der Waals surface area contributed by atoms with Crippen molar-refractivity contribution in [2.45, 2.75) is 83.9 Å². The molecule has 1 aromatic carbocycles. The lowest BCUT2D eigenvalue weighted by Gasteiger charge is -2.44. The molecule has 3 saturated carbocycles. The van der Waals surface area contributed by atoms with Crippen LogP contribution in [-0.4, -0.2) is 49.3 Å². The van der Waals surface area contributed by atoms with Gasteiger partial charge in [0.25, 0.3) is 10.1 Å². The average Bonchev–Trinajstić information content (AvgIpc) is 3.42. The van der Waals surface area contributed by atoms with Crippen LogP contribution in [0.1, 0.15) is 76.8 Å². The van der Waals surface area contributed by atoms with Gasteiger partial charge in [-0.25, -0.2) is 4.99 Å². The van der Waals surface area contributed by atoms with E-state index in [1.54, 1.807) is 0 Å². The number of hydrogen-bond donors (Lipinski definition) is 2. The molecule has 38 heavy (non-hydrogen) atoms. The maximum atomic E-state index is 11.9. The van der Waals surface area contributed by atoms with Gasteiger partial charge in [-0.2, -0.15) is 8.42 Å². The number of nitrogens with two attached hydrogens (primary N) is 1. The molecule has 5 aliphatic rings. The van der Waals surface area contributed by atoms with E-state index in [9.17, 15) is 13.2 Å². The number of fused-ring (bicyclic) bond motifs is 5. The highest BCUT2D eigenvalue weighted by Crippen LogP contribution is 2.64. The zero-order chi connectivity index (χ0) is 27.7. The third-order valence-corrected chi connectivity index (χ3v) is 11.8. The molecule has 3 N–H and O–H groups in total. The zero-order valence-electron chi connectivity index (χ0n) is 22.6. The highest BCUT2D eigenvalue weighted by molar-refractivity contribution is 9.10. The quantitative estimate of drug-likeness (QED) is 0.473. The molecule has 4 aliphatic carbocycles. The number of carbonyl (C=O) groups excluding carboxylic acids is 1. The van der Waals surface area contributed by atoms with E-state index in [1.807, 2.05) is 27.9 Å². The molecule has 0 unspecified atom stereocenters. The van der Waals surface area contributed by atoms with Gasteiger partial charge in [-0.15, -0.1) is 0 Å². The van der Waals surface area contributed by atoms with Crippen molar-refractivity contribution in [1.82, 2.24) is 0 Å². The number of halogens is 1. The van der Waals surface area contributed by atoms with E-state index in [4.69, 9.17) is 25.0 Å². The molecular formula is C28H38BrN3O5S. The lowest BCUT2D eigenvalue weighted by molar-refractivity contribution is -0.128. The molecule has 10 heteroatoms. The van der Waals surface area contributed by atoms with Gasteiger partial charge in [-0.1, -0.05) is 35.8 Å². The van der Waals surface area contributed by atoms with Gasteiger partial charge >= 0.3 is 0 Å². The summed E-state index contributed by atoms with van der Waals surface area (Å²) in [5.41, 5.74) is 7.99. The Morgan fingerprint density at radius 2 is 1.84 bits per heavy atom. The normalized spacial score (nSPS) is 34.2. The predicted molar refractivity (Wildman–Crippen MR) is 151 cm³/mol. The van der Waals surface area contributed by atoms with E-state index in [0.29, 0.717) is 24.8 Å². The van der Waals surface area contributed by atoms with Gasteiger partial charge in [0.1, 0.15) is 11.6 Å². The molecule has 1 heterocycles. The Morgan fingerprint density at radius 3 is 2.34 bits per heavy atom. The molecule has 0 saturated heterocycles. The van der Waals surface area contributed by atoms with Crippen LogP contribution in [0.4, 0.5) is 0 Å². The smallest absolute Gasteiger partial charge is 0.265 e. The van der Waals surface area contributed by atoms with Crippen molar-refractivity contribution in [1.29, 1.82) is 0 Å². The number of Topliss-reactive ketones (excluding diaryl/α,β-unsaturated/α-hetero) is 1. The summed E-state index contributed by atoms with van der Waals surface area (Å²) >= 11 is 3.61. The van der Waals surface area contributed by atoms with Crippen molar-refractivity contribution in [3.05, 3.63) is 33.8 Å². The van der Waals surface area contributed by atoms with Crippen molar-refractivity contribution in [3.8, 4) is 0 Å². The van der Waals surface area contributed by atoms with Crippen molar-refractivity contribution >= 4 is 43.4 Å². The largest absolute Gasteiger partial charge is 0.382 e. The molecule has 6 rings (SSSR count). The van der Waals surface area contributed by atoms with Crippen LogP contribution < -0.4 is 5.73 Å². The second-order valence-electron chi connectivity index (χ2n) is 12.5. The van der Waals surface area contributed by atoms with Crippen LogP contribution in [0.5, 0.6) is 0 Å². The lowest BCUT2D eigenvalue weighted by Crippen LogP contribution is -2.43. The Morgan fingerprint density at radius 1 is 1.16 bits per heavy atom. The molecule has 0 aromatic heterocycles. The van der Waals surface area contributed by atoms with Gasteiger partial charge in [0, 0.05) is 29.0 Å². The van der Waals surface area contributed by atoms with Crippen LogP contribution in [0.2, 0.25) is 0 Å². The zero-order valence-corrected chi connectivity index (χ0v) is 25.0. The number of hydrogen-bond acceptors (Lipinski definition) is 7. The Bertz CT molecular complexity index is 1310. The number of amidine groups is 1. The van der Waals surface area contributed by atoms with Gasteiger partial charge in [-0.05, 0) is 80.9 Å². The molecule has 2 spiro atoms. The Labute approximate surface area is 233 Å². The fourth-order valence-corrected chi connectivity index (χ4v) is 9.72. The number of carbonyl (C=O) groups is 1. The standard InChI is InChI=1S/C18H22BrN3O.C10H16O4S/c1-11-16(20)22-18(21-11)15-9-13(19)4-3-12(15)10-17(18)7-5-14(23-2)6-8-17;1-9(2)7-3-4-10(9,8(11)5-7)6-15(12,13)14/h3-4,9,14H,5-8,10H2,1-2H3,(H2,20,22);7H,3-6H2,1-2H3,(H,12,13,14)/t14?,17?,18-;7-,10-/m11/s1. The maximum Gasteiger partial charge on any atom is 0.265 e. The SMILES string of the molecule is CC1(C)[C@@H]2CC[C@@]1(CS(=O)(=O)O)C(=O)C2.COC1CCC2(CC1)Cc1ccc(Br)cc1[C@]21N=C(C)C(N)=N1. The number of methoxy groups -OCH3 is 1. The first kappa shape index (κ1) is 27.9.